The molecule has 1 saturated heterocycles. The number of rotatable bonds is 3. The molecule has 2 heterocycles. The molecular weight excluding hydrogens is 455 g/mol. The van der Waals surface area contributed by atoms with Crippen molar-refractivity contribution >= 4 is 21.6 Å². The van der Waals surface area contributed by atoms with E-state index in [1.807, 2.05) is 26.0 Å². The Balaban J connectivity index is 1.50. The summed E-state index contributed by atoms with van der Waals surface area (Å²) in [4.78, 5) is 14.6. The molecule has 2 aliphatic rings. The monoisotopic (exact) mass is 481 g/mol. The fourth-order valence-electron chi connectivity index (χ4n) is 4.43. The van der Waals surface area contributed by atoms with Gasteiger partial charge in [-0.3, -0.25) is 4.79 Å². The van der Waals surface area contributed by atoms with Crippen LogP contribution < -0.4 is 4.90 Å². The molecule has 6 nitrogen and oxygen atoms in total. The molecule has 1 fully saturated rings. The number of carbonyl (C=O) groups is 1. The minimum atomic E-state index is -4.95. The number of halogens is 3. The Labute approximate surface area is 191 Å². The zero-order chi connectivity index (χ0) is 24.0. The second kappa shape index (κ2) is 8.64. The first-order chi connectivity index (χ1) is 15.5. The first-order valence-electron chi connectivity index (χ1n) is 10.8. The molecule has 178 valence electrons. The summed E-state index contributed by atoms with van der Waals surface area (Å²) in [6.07, 6.45) is -4.69. The van der Waals surface area contributed by atoms with Crippen molar-refractivity contribution in [2.24, 2.45) is 0 Å². The van der Waals surface area contributed by atoms with Crippen molar-refractivity contribution in [1.29, 1.82) is 0 Å². The van der Waals surface area contributed by atoms with Crippen LogP contribution in [-0.2, 0) is 27.8 Å². The quantitative estimate of drug-likeness (QED) is 0.675. The standard InChI is InChI=1S/C23H26F3N3O3S/c1-16-3-4-17(2)21(13-16)27-9-11-29(12-10-27)33(31,32)20-6-5-18-7-8-28(15-19(18)14-20)22(30)23(24,25)26/h3-6,13-14H,7-12,15H2,1-2H3. The molecule has 0 aliphatic carbocycles. The third-order valence-corrected chi connectivity index (χ3v) is 8.20. The van der Waals surface area contributed by atoms with Crippen molar-refractivity contribution in [2.75, 3.05) is 37.6 Å². The van der Waals surface area contributed by atoms with Gasteiger partial charge in [0.1, 0.15) is 0 Å². The maximum atomic E-state index is 13.3. The highest BCUT2D eigenvalue weighted by Crippen LogP contribution is 2.29. The molecule has 0 N–H and O–H groups in total. The minimum Gasteiger partial charge on any atom is -0.369 e. The number of aryl methyl sites for hydroxylation is 2. The lowest BCUT2D eigenvalue weighted by Crippen LogP contribution is -2.49. The molecule has 33 heavy (non-hydrogen) atoms. The highest BCUT2D eigenvalue weighted by molar-refractivity contribution is 7.89. The molecule has 0 saturated carbocycles. The molecule has 2 aromatic carbocycles. The zero-order valence-electron chi connectivity index (χ0n) is 18.5. The van der Waals surface area contributed by atoms with E-state index in [0.29, 0.717) is 31.7 Å². The SMILES string of the molecule is Cc1ccc(C)c(N2CCN(S(=O)(=O)c3ccc4c(c3)CN(C(=O)C(F)(F)F)CC4)CC2)c1. The molecule has 1 amide bonds. The van der Waals surface area contributed by atoms with Gasteiger partial charge in [0, 0.05) is 45.0 Å². The van der Waals surface area contributed by atoms with Gasteiger partial charge in [-0.05, 0) is 60.7 Å². The van der Waals surface area contributed by atoms with E-state index in [1.165, 1.54) is 16.4 Å². The third kappa shape index (κ3) is 4.72. The van der Waals surface area contributed by atoms with Crippen LogP contribution in [0.25, 0.3) is 0 Å². The van der Waals surface area contributed by atoms with Crippen molar-refractivity contribution in [3.05, 3.63) is 58.7 Å². The van der Waals surface area contributed by atoms with Crippen LogP contribution in [0.4, 0.5) is 18.9 Å². The van der Waals surface area contributed by atoms with Gasteiger partial charge in [-0.1, -0.05) is 18.2 Å². The van der Waals surface area contributed by atoms with Crippen molar-refractivity contribution in [3.63, 3.8) is 0 Å². The summed E-state index contributed by atoms with van der Waals surface area (Å²) in [5, 5.41) is 0. The summed E-state index contributed by atoms with van der Waals surface area (Å²) in [6, 6.07) is 10.7. The topological polar surface area (TPSA) is 60.9 Å². The maximum absolute atomic E-state index is 13.3. The number of piperazine rings is 1. The van der Waals surface area contributed by atoms with Crippen LogP contribution in [0.1, 0.15) is 22.3 Å². The van der Waals surface area contributed by atoms with Crippen LogP contribution in [0.15, 0.2) is 41.3 Å². The molecule has 4 rings (SSSR count). The van der Waals surface area contributed by atoms with E-state index in [9.17, 15) is 26.4 Å². The fraction of sp³-hybridized carbons (Fsp3) is 0.435. The number of benzene rings is 2. The molecule has 0 unspecified atom stereocenters. The van der Waals surface area contributed by atoms with Gasteiger partial charge in [0.2, 0.25) is 10.0 Å². The molecule has 0 radical (unpaired) electrons. The Morgan fingerprint density at radius 1 is 0.909 bits per heavy atom. The van der Waals surface area contributed by atoms with Gasteiger partial charge in [-0.2, -0.15) is 17.5 Å². The summed E-state index contributed by atoms with van der Waals surface area (Å²) in [7, 11) is -3.80. The van der Waals surface area contributed by atoms with Crippen molar-refractivity contribution in [1.82, 2.24) is 9.21 Å². The van der Waals surface area contributed by atoms with E-state index in [4.69, 9.17) is 0 Å². The average Bonchev–Trinajstić information content (AvgIpc) is 2.79. The van der Waals surface area contributed by atoms with Crippen LogP contribution in [0, 0.1) is 13.8 Å². The van der Waals surface area contributed by atoms with Gasteiger partial charge in [0.05, 0.1) is 4.90 Å². The van der Waals surface area contributed by atoms with E-state index >= 15 is 0 Å². The number of hydrogen-bond donors (Lipinski definition) is 0. The summed E-state index contributed by atoms with van der Waals surface area (Å²) in [5.41, 5.74) is 4.56. The Bertz CT molecular complexity index is 1170. The number of alkyl halides is 3. The van der Waals surface area contributed by atoms with Gasteiger partial charge < -0.3 is 9.80 Å². The van der Waals surface area contributed by atoms with Crippen LogP contribution in [-0.4, -0.2) is 62.4 Å². The highest BCUT2D eigenvalue weighted by Gasteiger charge is 2.43. The fourth-order valence-corrected chi connectivity index (χ4v) is 5.90. The predicted octanol–water partition coefficient (Wildman–Crippen LogP) is 3.26. The summed E-state index contributed by atoms with van der Waals surface area (Å²) >= 11 is 0. The lowest BCUT2D eigenvalue weighted by molar-refractivity contribution is -0.186. The van der Waals surface area contributed by atoms with Gasteiger partial charge in [0.15, 0.2) is 0 Å². The van der Waals surface area contributed by atoms with E-state index in [0.717, 1.165) is 27.3 Å². The predicted molar refractivity (Wildman–Crippen MR) is 119 cm³/mol. The first kappa shape index (κ1) is 23.6. The Hall–Kier alpha value is -2.59. The molecule has 10 heteroatoms. The van der Waals surface area contributed by atoms with Crippen LogP contribution in [0.2, 0.25) is 0 Å². The molecule has 0 atom stereocenters. The number of amides is 1. The summed E-state index contributed by atoms with van der Waals surface area (Å²) in [5.74, 6) is -1.90. The van der Waals surface area contributed by atoms with Gasteiger partial charge in [-0.15, -0.1) is 0 Å². The average molecular weight is 482 g/mol. The molecule has 0 bridgehead atoms. The minimum absolute atomic E-state index is 0.0439. The number of sulfonamides is 1. The molecule has 2 aromatic rings. The second-order valence-electron chi connectivity index (χ2n) is 8.59. The van der Waals surface area contributed by atoms with Crippen LogP contribution in [0.5, 0.6) is 0 Å². The highest BCUT2D eigenvalue weighted by atomic mass is 32.2. The van der Waals surface area contributed by atoms with E-state index in [1.54, 1.807) is 6.07 Å². The van der Waals surface area contributed by atoms with Crippen molar-refractivity contribution in [2.45, 2.75) is 37.9 Å². The largest absolute Gasteiger partial charge is 0.471 e. The number of anilines is 1. The maximum Gasteiger partial charge on any atom is 0.471 e. The lowest BCUT2D eigenvalue weighted by Gasteiger charge is -2.36. The van der Waals surface area contributed by atoms with Crippen molar-refractivity contribution in [3.8, 4) is 0 Å². The lowest BCUT2D eigenvalue weighted by atomic mass is 10.00. The summed E-state index contributed by atoms with van der Waals surface area (Å²) < 4.78 is 66.4. The Morgan fingerprint density at radius 3 is 2.27 bits per heavy atom. The smallest absolute Gasteiger partial charge is 0.369 e. The molecular formula is C23H26F3N3O3S. The number of fused-ring (bicyclic) bond motifs is 1. The normalized spacial score (nSPS) is 17.7. The third-order valence-electron chi connectivity index (χ3n) is 6.30. The van der Waals surface area contributed by atoms with Crippen LogP contribution >= 0.6 is 0 Å². The second-order valence-corrected chi connectivity index (χ2v) is 10.5. The number of hydrogen-bond acceptors (Lipinski definition) is 4. The first-order valence-corrected chi connectivity index (χ1v) is 12.2. The molecule has 0 spiro atoms. The van der Waals surface area contributed by atoms with E-state index < -0.39 is 22.1 Å². The van der Waals surface area contributed by atoms with E-state index in [2.05, 4.69) is 11.0 Å². The zero-order valence-corrected chi connectivity index (χ0v) is 19.3. The van der Waals surface area contributed by atoms with Crippen LogP contribution in [0.3, 0.4) is 0 Å². The molecule has 0 aromatic heterocycles. The Morgan fingerprint density at radius 2 is 1.61 bits per heavy atom. The van der Waals surface area contributed by atoms with Gasteiger partial charge in [-0.25, -0.2) is 8.42 Å². The van der Waals surface area contributed by atoms with Crippen molar-refractivity contribution < 1.29 is 26.4 Å². The van der Waals surface area contributed by atoms with Gasteiger partial charge >= 0.3 is 12.1 Å². The number of carbonyl (C=O) groups excluding carboxylic acids is 1. The summed E-state index contributed by atoms with van der Waals surface area (Å²) in [6.45, 7) is 5.46. The van der Waals surface area contributed by atoms with E-state index in [-0.39, 0.29) is 24.4 Å². The molecule has 2 aliphatic heterocycles. The van der Waals surface area contributed by atoms with Gasteiger partial charge in [0.25, 0.3) is 0 Å². The number of nitrogens with zero attached hydrogens (tertiary/aromatic N) is 3. The Kier molecular flexibility index (Phi) is 6.17.